The summed E-state index contributed by atoms with van der Waals surface area (Å²) in [6, 6.07) is 5.82. The molecule has 0 aliphatic heterocycles. The number of nitro benzene ring substituents is 1. The average molecular weight is 282 g/mol. The number of hydrogen-bond acceptors (Lipinski definition) is 5. The Morgan fingerprint density at radius 3 is 2.65 bits per heavy atom. The van der Waals surface area contributed by atoms with Crippen LogP contribution in [0.3, 0.4) is 0 Å². The number of amides is 1. The first-order chi connectivity index (χ1) is 9.24. The van der Waals surface area contributed by atoms with Gasteiger partial charge >= 0.3 is 5.69 Å². The molecule has 2 N–H and O–H groups in total. The van der Waals surface area contributed by atoms with Gasteiger partial charge < -0.3 is 15.2 Å². The quantitative estimate of drug-likeness (QED) is 0.604. The first kappa shape index (κ1) is 15.9. The summed E-state index contributed by atoms with van der Waals surface area (Å²) in [5.74, 6) is -0.434. The average Bonchev–Trinajstić information content (AvgIpc) is 2.35. The molecule has 0 aliphatic carbocycles. The molecule has 0 saturated heterocycles. The molecule has 0 heterocycles. The van der Waals surface area contributed by atoms with Crippen LogP contribution in [0.2, 0.25) is 0 Å². The molecule has 1 rings (SSSR count). The number of para-hydroxylation sites is 2. The number of nitrogens with one attached hydrogen (secondary N) is 1. The van der Waals surface area contributed by atoms with Crippen LogP contribution in [0.5, 0.6) is 5.75 Å². The van der Waals surface area contributed by atoms with E-state index >= 15 is 0 Å². The predicted molar refractivity (Wildman–Crippen MR) is 72.5 cm³/mol. The maximum Gasteiger partial charge on any atom is 0.310 e. The van der Waals surface area contributed by atoms with Crippen molar-refractivity contribution in [1.82, 2.24) is 5.32 Å². The van der Waals surface area contributed by atoms with E-state index < -0.39 is 22.5 Å². The van der Waals surface area contributed by atoms with Crippen LogP contribution >= 0.6 is 0 Å². The summed E-state index contributed by atoms with van der Waals surface area (Å²) >= 11 is 0. The van der Waals surface area contributed by atoms with Gasteiger partial charge in [0.25, 0.3) is 5.91 Å². The Morgan fingerprint density at radius 2 is 2.10 bits per heavy atom. The van der Waals surface area contributed by atoms with Crippen LogP contribution in [0.4, 0.5) is 5.69 Å². The highest BCUT2D eigenvalue weighted by atomic mass is 16.6. The fourth-order valence-corrected chi connectivity index (χ4v) is 1.37. The van der Waals surface area contributed by atoms with Crippen molar-refractivity contribution >= 4 is 11.6 Å². The smallest absolute Gasteiger partial charge is 0.310 e. The number of aliphatic hydroxyl groups is 1. The van der Waals surface area contributed by atoms with Crippen LogP contribution in [-0.4, -0.2) is 34.2 Å². The van der Waals surface area contributed by atoms with Crippen molar-refractivity contribution in [3.63, 3.8) is 0 Å². The molecule has 0 aromatic heterocycles. The molecular weight excluding hydrogens is 264 g/mol. The first-order valence-corrected chi connectivity index (χ1v) is 6.09. The summed E-state index contributed by atoms with van der Waals surface area (Å²) in [7, 11) is 0. The zero-order valence-electron chi connectivity index (χ0n) is 11.6. The number of nitro groups is 1. The Labute approximate surface area is 116 Å². The molecule has 1 unspecified atom stereocenters. The van der Waals surface area contributed by atoms with Crippen molar-refractivity contribution in [1.29, 1.82) is 0 Å². The molecule has 0 bridgehead atoms. The van der Waals surface area contributed by atoms with Gasteiger partial charge in [0.15, 0.2) is 12.4 Å². The molecule has 1 aromatic carbocycles. The van der Waals surface area contributed by atoms with E-state index in [1.807, 2.05) is 0 Å². The summed E-state index contributed by atoms with van der Waals surface area (Å²) in [5.41, 5.74) is -1.00. The molecule has 0 saturated carbocycles. The van der Waals surface area contributed by atoms with Crippen LogP contribution < -0.4 is 10.1 Å². The molecule has 0 fully saturated rings. The lowest BCUT2D eigenvalue weighted by Gasteiger charge is -2.29. The van der Waals surface area contributed by atoms with Crippen molar-refractivity contribution in [3.8, 4) is 5.75 Å². The topological polar surface area (TPSA) is 102 Å². The van der Waals surface area contributed by atoms with Gasteiger partial charge in [-0.1, -0.05) is 12.1 Å². The Hall–Kier alpha value is -2.15. The number of rotatable bonds is 6. The highest BCUT2D eigenvalue weighted by Crippen LogP contribution is 2.25. The second-order valence-corrected chi connectivity index (χ2v) is 4.96. The number of carbonyl (C=O) groups is 1. The van der Waals surface area contributed by atoms with Crippen LogP contribution in [0, 0.1) is 10.1 Å². The number of hydrogen-bond donors (Lipinski definition) is 2. The van der Waals surface area contributed by atoms with Gasteiger partial charge in [-0.3, -0.25) is 14.9 Å². The SMILES string of the molecule is CC(O)C(C)(C)NC(=O)COc1ccccc1[N+](=O)[O-]. The number of aliphatic hydroxyl groups excluding tert-OH is 1. The molecule has 1 amide bonds. The number of benzene rings is 1. The van der Waals surface area contributed by atoms with E-state index in [0.29, 0.717) is 0 Å². The Bertz CT molecular complexity index is 499. The Kier molecular flexibility index (Phi) is 5.04. The maximum atomic E-state index is 11.7. The monoisotopic (exact) mass is 282 g/mol. The molecule has 1 atom stereocenters. The van der Waals surface area contributed by atoms with Gasteiger partial charge in [-0.2, -0.15) is 0 Å². The van der Waals surface area contributed by atoms with Gasteiger partial charge in [0, 0.05) is 6.07 Å². The lowest BCUT2D eigenvalue weighted by Crippen LogP contribution is -2.52. The van der Waals surface area contributed by atoms with E-state index in [-0.39, 0.29) is 18.0 Å². The standard InChI is InChI=1S/C13H18N2O5/c1-9(16)13(2,3)14-12(17)8-20-11-7-5-4-6-10(11)15(18)19/h4-7,9,16H,8H2,1-3H3,(H,14,17). The molecular formula is C13H18N2O5. The summed E-state index contributed by atoms with van der Waals surface area (Å²) < 4.78 is 5.15. The molecule has 1 aromatic rings. The third-order valence-electron chi connectivity index (χ3n) is 2.93. The van der Waals surface area contributed by atoms with Crippen LogP contribution in [0.15, 0.2) is 24.3 Å². The molecule has 7 heteroatoms. The zero-order valence-corrected chi connectivity index (χ0v) is 11.6. The third kappa shape index (κ3) is 4.20. The Balaban J connectivity index is 2.64. The Morgan fingerprint density at radius 1 is 1.50 bits per heavy atom. The van der Waals surface area contributed by atoms with Crippen molar-refractivity contribution < 1.29 is 19.6 Å². The van der Waals surface area contributed by atoms with Gasteiger partial charge in [0.1, 0.15) is 0 Å². The zero-order chi connectivity index (χ0) is 15.3. The van der Waals surface area contributed by atoms with E-state index in [0.717, 1.165) is 0 Å². The molecule has 0 radical (unpaired) electrons. The van der Waals surface area contributed by atoms with E-state index in [4.69, 9.17) is 4.74 Å². The van der Waals surface area contributed by atoms with Crippen LogP contribution in [0.1, 0.15) is 20.8 Å². The predicted octanol–water partition coefficient (Wildman–Crippen LogP) is 1.25. The maximum absolute atomic E-state index is 11.7. The second kappa shape index (κ2) is 6.33. The number of carbonyl (C=O) groups excluding carboxylic acids is 1. The largest absolute Gasteiger partial charge is 0.477 e. The van der Waals surface area contributed by atoms with Crippen molar-refractivity contribution in [2.75, 3.05) is 6.61 Å². The summed E-state index contributed by atoms with van der Waals surface area (Å²) in [6.07, 6.45) is -0.738. The van der Waals surface area contributed by atoms with Gasteiger partial charge in [-0.25, -0.2) is 0 Å². The highest BCUT2D eigenvalue weighted by molar-refractivity contribution is 5.78. The summed E-state index contributed by atoms with van der Waals surface area (Å²) in [5, 5.41) is 22.9. The fraction of sp³-hybridized carbons (Fsp3) is 0.462. The highest BCUT2D eigenvalue weighted by Gasteiger charge is 2.26. The first-order valence-electron chi connectivity index (χ1n) is 6.09. The van der Waals surface area contributed by atoms with Crippen molar-refractivity contribution in [2.24, 2.45) is 0 Å². The molecule has 20 heavy (non-hydrogen) atoms. The van der Waals surface area contributed by atoms with Crippen molar-refractivity contribution in [3.05, 3.63) is 34.4 Å². The van der Waals surface area contributed by atoms with Crippen LogP contribution in [-0.2, 0) is 4.79 Å². The molecule has 0 aliphatic rings. The number of ether oxygens (including phenoxy) is 1. The summed E-state index contributed by atoms with van der Waals surface area (Å²) in [6.45, 7) is 4.53. The summed E-state index contributed by atoms with van der Waals surface area (Å²) in [4.78, 5) is 21.9. The lowest BCUT2D eigenvalue weighted by molar-refractivity contribution is -0.385. The van der Waals surface area contributed by atoms with E-state index in [2.05, 4.69) is 5.32 Å². The minimum absolute atomic E-state index is 0.0301. The fourth-order valence-electron chi connectivity index (χ4n) is 1.37. The van der Waals surface area contributed by atoms with Gasteiger partial charge in [-0.15, -0.1) is 0 Å². The second-order valence-electron chi connectivity index (χ2n) is 4.96. The van der Waals surface area contributed by atoms with Crippen LogP contribution in [0.25, 0.3) is 0 Å². The van der Waals surface area contributed by atoms with Gasteiger partial charge in [0.2, 0.25) is 0 Å². The molecule has 110 valence electrons. The van der Waals surface area contributed by atoms with Gasteiger partial charge in [-0.05, 0) is 26.8 Å². The number of nitrogens with zero attached hydrogens (tertiary/aromatic N) is 1. The molecule has 0 spiro atoms. The minimum atomic E-state index is -0.803. The van der Waals surface area contributed by atoms with E-state index in [1.54, 1.807) is 26.8 Å². The van der Waals surface area contributed by atoms with E-state index in [9.17, 15) is 20.0 Å². The van der Waals surface area contributed by atoms with E-state index in [1.165, 1.54) is 18.2 Å². The minimum Gasteiger partial charge on any atom is -0.477 e. The lowest BCUT2D eigenvalue weighted by atomic mass is 9.99. The van der Waals surface area contributed by atoms with Gasteiger partial charge in [0.05, 0.1) is 16.6 Å². The van der Waals surface area contributed by atoms with Crippen molar-refractivity contribution in [2.45, 2.75) is 32.4 Å². The molecule has 7 nitrogen and oxygen atoms in total. The normalized spacial score (nSPS) is 12.6. The third-order valence-corrected chi connectivity index (χ3v) is 2.93.